The number of halogens is 1. The van der Waals surface area contributed by atoms with Gasteiger partial charge in [-0.3, -0.25) is 4.79 Å². The zero-order chi connectivity index (χ0) is 13.8. The normalized spacial score (nSPS) is 23.1. The lowest BCUT2D eigenvalue weighted by Crippen LogP contribution is -2.40. The Morgan fingerprint density at radius 3 is 2.63 bits per heavy atom. The maximum atomic E-state index is 12.3. The van der Waals surface area contributed by atoms with Crippen molar-refractivity contribution in [2.75, 3.05) is 13.7 Å². The highest BCUT2D eigenvalue weighted by atomic mass is 35.5. The van der Waals surface area contributed by atoms with Crippen molar-refractivity contribution in [3.63, 3.8) is 0 Å². The first-order valence-electron chi connectivity index (χ1n) is 6.61. The molecule has 1 saturated carbocycles. The van der Waals surface area contributed by atoms with Gasteiger partial charge in [0.1, 0.15) is 5.69 Å². The third-order valence-electron chi connectivity index (χ3n) is 3.89. The van der Waals surface area contributed by atoms with Gasteiger partial charge < -0.3 is 10.0 Å². The Hall–Kier alpha value is -1.13. The number of hydrogen-bond acceptors (Lipinski definition) is 3. The third kappa shape index (κ3) is 3.45. The van der Waals surface area contributed by atoms with Crippen LogP contribution in [0.5, 0.6) is 0 Å². The van der Waals surface area contributed by atoms with Crippen LogP contribution in [-0.2, 0) is 0 Å². The highest BCUT2D eigenvalue weighted by molar-refractivity contribution is 6.30. The lowest BCUT2D eigenvalue weighted by Gasteiger charge is -2.34. The summed E-state index contributed by atoms with van der Waals surface area (Å²) in [4.78, 5) is 18.1. The van der Waals surface area contributed by atoms with E-state index >= 15 is 0 Å². The van der Waals surface area contributed by atoms with Crippen molar-refractivity contribution < 1.29 is 9.90 Å². The number of aliphatic hydroxyl groups excluding tert-OH is 1. The summed E-state index contributed by atoms with van der Waals surface area (Å²) in [5.74, 6) is 0.331. The fourth-order valence-corrected chi connectivity index (χ4v) is 2.68. The Kier molecular flexibility index (Phi) is 4.77. The topological polar surface area (TPSA) is 53.4 Å². The number of nitrogens with zero attached hydrogens (tertiary/aromatic N) is 2. The van der Waals surface area contributed by atoms with E-state index < -0.39 is 0 Å². The molecule has 0 atom stereocenters. The van der Waals surface area contributed by atoms with E-state index in [1.165, 1.54) is 6.20 Å². The molecule has 5 heteroatoms. The van der Waals surface area contributed by atoms with Crippen molar-refractivity contribution in [3.05, 3.63) is 29.0 Å². The quantitative estimate of drug-likeness (QED) is 0.926. The zero-order valence-electron chi connectivity index (χ0n) is 11.1. The number of aliphatic hydroxyl groups is 1. The fraction of sp³-hybridized carbons (Fsp3) is 0.571. The number of rotatable bonds is 3. The summed E-state index contributed by atoms with van der Waals surface area (Å²) in [5.41, 5.74) is 0.427. The number of pyridine rings is 1. The van der Waals surface area contributed by atoms with Gasteiger partial charge in [0, 0.05) is 25.9 Å². The molecule has 104 valence electrons. The Labute approximate surface area is 118 Å². The number of carbonyl (C=O) groups is 1. The van der Waals surface area contributed by atoms with Gasteiger partial charge in [0.25, 0.3) is 5.91 Å². The van der Waals surface area contributed by atoms with E-state index in [0.29, 0.717) is 16.6 Å². The largest absolute Gasteiger partial charge is 0.396 e. The lowest BCUT2D eigenvalue weighted by molar-refractivity contribution is 0.0647. The van der Waals surface area contributed by atoms with Crippen molar-refractivity contribution in [1.82, 2.24) is 9.88 Å². The molecule has 1 aliphatic carbocycles. The Bertz CT molecular complexity index is 428. The molecule has 1 amide bonds. The van der Waals surface area contributed by atoms with Crippen LogP contribution in [0.4, 0.5) is 0 Å². The van der Waals surface area contributed by atoms with E-state index in [4.69, 9.17) is 16.7 Å². The smallest absolute Gasteiger partial charge is 0.272 e. The fourth-order valence-electron chi connectivity index (χ4n) is 2.56. The van der Waals surface area contributed by atoms with Crippen molar-refractivity contribution >= 4 is 17.5 Å². The molecule has 4 nitrogen and oxygen atoms in total. The standard InChI is InChI=1S/C14H19ClN2O2/c1-17(12-5-2-10(9-18)3-6-12)14(19)13-7-4-11(15)8-16-13/h4,7-8,10,12,18H,2-3,5-6,9H2,1H3. The maximum absolute atomic E-state index is 12.3. The summed E-state index contributed by atoms with van der Waals surface area (Å²) in [7, 11) is 1.82. The van der Waals surface area contributed by atoms with Gasteiger partial charge in [-0.25, -0.2) is 4.98 Å². The molecule has 2 rings (SSSR count). The van der Waals surface area contributed by atoms with E-state index in [0.717, 1.165) is 25.7 Å². The van der Waals surface area contributed by atoms with Gasteiger partial charge >= 0.3 is 0 Å². The molecule has 0 spiro atoms. The van der Waals surface area contributed by atoms with Crippen LogP contribution in [0.25, 0.3) is 0 Å². The first-order valence-corrected chi connectivity index (χ1v) is 6.99. The van der Waals surface area contributed by atoms with Crippen LogP contribution >= 0.6 is 11.6 Å². The van der Waals surface area contributed by atoms with E-state index in [-0.39, 0.29) is 18.6 Å². The molecule has 0 aromatic carbocycles. The van der Waals surface area contributed by atoms with Crippen LogP contribution in [0.15, 0.2) is 18.3 Å². The number of carbonyl (C=O) groups excluding carboxylic acids is 1. The Morgan fingerprint density at radius 1 is 1.42 bits per heavy atom. The number of amides is 1. The lowest BCUT2D eigenvalue weighted by atomic mass is 9.86. The van der Waals surface area contributed by atoms with Crippen molar-refractivity contribution in [2.45, 2.75) is 31.7 Å². The van der Waals surface area contributed by atoms with Crippen molar-refractivity contribution in [2.24, 2.45) is 5.92 Å². The summed E-state index contributed by atoms with van der Waals surface area (Å²) in [6.07, 6.45) is 5.34. The Morgan fingerprint density at radius 2 is 2.11 bits per heavy atom. The summed E-state index contributed by atoms with van der Waals surface area (Å²) >= 11 is 5.77. The zero-order valence-corrected chi connectivity index (χ0v) is 11.8. The minimum Gasteiger partial charge on any atom is -0.396 e. The molecule has 0 unspecified atom stereocenters. The average Bonchev–Trinajstić information content (AvgIpc) is 2.46. The second-order valence-corrected chi connectivity index (χ2v) is 5.57. The van der Waals surface area contributed by atoms with Gasteiger partial charge in [0.15, 0.2) is 0 Å². The van der Waals surface area contributed by atoms with Crippen LogP contribution in [0, 0.1) is 5.92 Å². The molecule has 1 fully saturated rings. The predicted molar refractivity (Wildman–Crippen MR) is 74.2 cm³/mol. The highest BCUT2D eigenvalue weighted by Crippen LogP contribution is 2.27. The second kappa shape index (κ2) is 6.35. The van der Waals surface area contributed by atoms with Crippen LogP contribution in [-0.4, -0.2) is 40.6 Å². The number of aromatic nitrogens is 1. The van der Waals surface area contributed by atoms with Gasteiger partial charge in [-0.15, -0.1) is 0 Å². The minimum absolute atomic E-state index is 0.0656. The third-order valence-corrected chi connectivity index (χ3v) is 4.11. The molecule has 0 radical (unpaired) electrons. The van der Waals surface area contributed by atoms with Gasteiger partial charge in [0.2, 0.25) is 0 Å². The molecular weight excluding hydrogens is 264 g/mol. The molecule has 1 aromatic heterocycles. The first-order chi connectivity index (χ1) is 9.11. The Balaban J connectivity index is 1.98. The van der Waals surface area contributed by atoms with Gasteiger partial charge in [-0.2, -0.15) is 0 Å². The summed E-state index contributed by atoms with van der Waals surface area (Å²) in [5, 5.41) is 9.66. The van der Waals surface area contributed by atoms with Crippen molar-refractivity contribution in [1.29, 1.82) is 0 Å². The van der Waals surface area contributed by atoms with Crippen molar-refractivity contribution in [3.8, 4) is 0 Å². The monoisotopic (exact) mass is 282 g/mol. The van der Waals surface area contributed by atoms with Gasteiger partial charge in [0.05, 0.1) is 5.02 Å². The average molecular weight is 283 g/mol. The van der Waals surface area contributed by atoms with Crippen LogP contribution in [0.1, 0.15) is 36.2 Å². The van der Waals surface area contributed by atoms with Crippen LogP contribution < -0.4 is 0 Å². The van der Waals surface area contributed by atoms with Gasteiger partial charge in [-0.05, 0) is 43.7 Å². The summed E-state index contributed by atoms with van der Waals surface area (Å²) in [6, 6.07) is 3.58. The molecule has 1 aliphatic rings. The molecular formula is C14H19ClN2O2. The molecule has 19 heavy (non-hydrogen) atoms. The van der Waals surface area contributed by atoms with Gasteiger partial charge in [-0.1, -0.05) is 11.6 Å². The van der Waals surface area contributed by atoms with E-state index in [9.17, 15) is 4.79 Å². The van der Waals surface area contributed by atoms with E-state index in [1.807, 2.05) is 7.05 Å². The molecule has 0 bridgehead atoms. The minimum atomic E-state index is -0.0656. The first kappa shape index (κ1) is 14.3. The molecule has 1 N–H and O–H groups in total. The molecule has 0 aliphatic heterocycles. The second-order valence-electron chi connectivity index (χ2n) is 5.13. The van der Waals surface area contributed by atoms with E-state index in [2.05, 4.69) is 4.98 Å². The van der Waals surface area contributed by atoms with Crippen LogP contribution in [0.3, 0.4) is 0 Å². The highest BCUT2D eigenvalue weighted by Gasteiger charge is 2.27. The number of hydrogen-bond donors (Lipinski definition) is 1. The molecule has 1 heterocycles. The van der Waals surface area contributed by atoms with E-state index in [1.54, 1.807) is 17.0 Å². The predicted octanol–water partition coefficient (Wildman–Crippen LogP) is 2.36. The molecule has 0 saturated heterocycles. The van der Waals surface area contributed by atoms with Crippen LogP contribution in [0.2, 0.25) is 5.02 Å². The molecule has 1 aromatic rings. The summed E-state index contributed by atoms with van der Waals surface area (Å²) < 4.78 is 0. The summed E-state index contributed by atoms with van der Waals surface area (Å²) in [6.45, 7) is 0.253. The maximum Gasteiger partial charge on any atom is 0.272 e. The SMILES string of the molecule is CN(C(=O)c1ccc(Cl)cn1)C1CCC(CO)CC1.